The molecular weight excluding hydrogens is 430 g/mol. The van der Waals surface area contributed by atoms with Gasteiger partial charge in [-0.15, -0.1) is 0 Å². The van der Waals surface area contributed by atoms with E-state index in [0.717, 1.165) is 30.2 Å². The molecule has 32 heavy (non-hydrogen) atoms. The first-order chi connectivity index (χ1) is 15.2. The summed E-state index contributed by atoms with van der Waals surface area (Å²) in [7, 11) is -3.95. The van der Waals surface area contributed by atoms with Gasteiger partial charge in [0.2, 0.25) is 5.91 Å². The summed E-state index contributed by atoms with van der Waals surface area (Å²) >= 11 is 0. The first-order valence-electron chi connectivity index (χ1n) is 11.5. The summed E-state index contributed by atoms with van der Waals surface area (Å²) in [6.07, 6.45) is 5.69. The van der Waals surface area contributed by atoms with Gasteiger partial charge in [0.15, 0.2) is 0 Å². The summed E-state index contributed by atoms with van der Waals surface area (Å²) in [5.74, 6) is -0.675. The van der Waals surface area contributed by atoms with Gasteiger partial charge in [0.1, 0.15) is 4.90 Å². The minimum Gasteiger partial charge on any atom is -0.342 e. The van der Waals surface area contributed by atoms with E-state index in [-0.39, 0.29) is 33.8 Å². The maximum Gasteiger partial charge on any atom is 0.269 e. The largest absolute Gasteiger partial charge is 0.342 e. The van der Waals surface area contributed by atoms with E-state index >= 15 is 0 Å². The first kappa shape index (κ1) is 22.8. The average Bonchev–Trinajstić information content (AvgIpc) is 2.96. The number of carbonyl (C=O) groups is 3. The van der Waals surface area contributed by atoms with E-state index in [1.807, 2.05) is 4.90 Å². The standard InChI is InChI=1S/C23H31N3O5S/c1-16(2)26-23(29)19-8-7-18(15-20(19)32(26,30)31)22(28)25-13-9-17(10-14-25)21(27)24-11-5-3-4-6-12-24/h7-8,15-17H,3-6,9-14H2,1-2H3. The zero-order chi connectivity index (χ0) is 23.0. The molecule has 0 saturated carbocycles. The molecule has 0 N–H and O–H groups in total. The molecule has 3 aliphatic heterocycles. The van der Waals surface area contributed by atoms with E-state index in [1.54, 1.807) is 18.7 Å². The van der Waals surface area contributed by atoms with Crippen molar-refractivity contribution in [3.05, 3.63) is 29.3 Å². The smallest absolute Gasteiger partial charge is 0.269 e. The molecule has 0 aliphatic carbocycles. The van der Waals surface area contributed by atoms with E-state index in [9.17, 15) is 22.8 Å². The fraction of sp³-hybridized carbons (Fsp3) is 0.609. The second kappa shape index (κ2) is 8.84. The van der Waals surface area contributed by atoms with Crippen molar-refractivity contribution in [3.8, 4) is 0 Å². The average molecular weight is 462 g/mol. The predicted octanol–water partition coefficient (Wildman–Crippen LogP) is 2.49. The van der Waals surface area contributed by atoms with E-state index in [4.69, 9.17) is 0 Å². The number of fused-ring (bicyclic) bond motifs is 1. The number of piperidine rings is 1. The second-order valence-electron chi connectivity index (χ2n) is 9.22. The lowest BCUT2D eigenvalue weighted by Gasteiger charge is -2.34. The number of rotatable bonds is 3. The van der Waals surface area contributed by atoms with Gasteiger partial charge < -0.3 is 9.80 Å². The van der Waals surface area contributed by atoms with E-state index in [0.29, 0.717) is 25.9 Å². The molecule has 0 atom stereocenters. The Morgan fingerprint density at radius 2 is 1.56 bits per heavy atom. The molecule has 0 bridgehead atoms. The molecule has 2 saturated heterocycles. The van der Waals surface area contributed by atoms with Gasteiger partial charge in [0, 0.05) is 43.7 Å². The number of sulfonamides is 1. The van der Waals surface area contributed by atoms with Gasteiger partial charge in [-0.3, -0.25) is 14.4 Å². The molecule has 1 aromatic rings. The van der Waals surface area contributed by atoms with Crippen LogP contribution in [0.15, 0.2) is 23.1 Å². The van der Waals surface area contributed by atoms with Gasteiger partial charge in [-0.1, -0.05) is 12.8 Å². The lowest BCUT2D eigenvalue weighted by Crippen LogP contribution is -2.44. The fourth-order valence-electron chi connectivity index (χ4n) is 4.95. The first-order valence-corrected chi connectivity index (χ1v) is 13.0. The SMILES string of the molecule is CC(C)N1C(=O)c2ccc(C(=O)N3CCC(C(=O)N4CCCCCC4)CC3)cc2S1(=O)=O. The maximum atomic E-state index is 13.1. The summed E-state index contributed by atoms with van der Waals surface area (Å²) < 4.78 is 26.5. The monoisotopic (exact) mass is 461 g/mol. The molecule has 3 heterocycles. The van der Waals surface area contributed by atoms with Crippen LogP contribution in [0.5, 0.6) is 0 Å². The Labute approximate surface area is 189 Å². The lowest BCUT2D eigenvalue weighted by atomic mass is 9.94. The van der Waals surface area contributed by atoms with Gasteiger partial charge in [0.25, 0.3) is 21.8 Å². The Morgan fingerprint density at radius 3 is 2.16 bits per heavy atom. The molecule has 0 aromatic heterocycles. The number of hydrogen-bond donors (Lipinski definition) is 0. The topological polar surface area (TPSA) is 95.1 Å². The van der Waals surface area contributed by atoms with Gasteiger partial charge in [-0.2, -0.15) is 0 Å². The Morgan fingerprint density at radius 1 is 0.938 bits per heavy atom. The molecule has 9 heteroatoms. The summed E-state index contributed by atoms with van der Waals surface area (Å²) in [4.78, 5) is 42.0. The number of benzene rings is 1. The molecule has 3 aliphatic rings. The molecule has 1 aromatic carbocycles. The van der Waals surface area contributed by atoms with E-state index in [2.05, 4.69) is 0 Å². The molecule has 4 rings (SSSR count). The van der Waals surface area contributed by atoms with Gasteiger partial charge in [0.05, 0.1) is 5.56 Å². The molecule has 174 valence electrons. The summed E-state index contributed by atoms with van der Waals surface area (Å²) in [6, 6.07) is 3.77. The van der Waals surface area contributed by atoms with Crippen LogP contribution in [0, 0.1) is 5.92 Å². The van der Waals surface area contributed by atoms with E-state index < -0.39 is 22.0 Å². The van der Waals surface area contributed by atoms with Crippen LogP contribution in [0.4, 0.5) is 0 Å². The molecule has 2 fully saturated rings. The normalized spacial score (nSPS) is 21.6. The number of likely N-dealkylation sites (tertiary alicyclic amines) is 2. The zero-order valence-corrected chi connectivity index (χ0v) is 19.6. The van der Waals surface area contributed by atoms with Gasteiger partial charge >= 0.3 is 0 Å². The maximum absolute atomic E-state index is 13.1. The Bertz CT molecular complexity index is 1020. The quantitative estimate of drug-likeness (QED) is 0.689. The van der Waals surface area contributed by atoms with Crippen molar-refractivity contribution in [1.29, 1.82) is 0 Å². The molecular formula is C23H31N3O5S. The third-order valence-electron chi connectivity index (χ3n) is 6.71. The van der Waals surface area contributed by atoms with Crippen molar-refractivity contribution in [2.24, 2.45) is 5.92 Å². The van der Waals surface area contributed by atoms with Crippen LogP contribution in [0.2, 0.25) is 0 Å². The van der Waals surface area contributed by atoms with Crippen LogP contribution in [0.3, 0.4) is 0 Å². The minimum atomic E-state index is -3.95. The molecule has 0 unspecified atom stereocenters. The van der Waals surface area contributed by atoms with Crippen molar-refractivity contribution in [3.63, 3.8) is 0 Å². The van der Waals surface area contributed by atoms with Crippen LogP contribution in [-0.2, 0) is 14.8 Å². The highest BCUT2D eigenvalue weighted by molar-refractivity contribution is 7.90. The van der Waals surface area contributed by atoms with E-state index in [1.165, 1.54) is 31.0 Å². The van der Waals surface area contributed by atoms with Crippen LogP contribution >= 0.6 is 0 Å². The number of nitrogens with zero attached hydrogens (tertiary/aromatic N) is 3. The van der Waals surface area contributed by atoms with Crippen LogP contribution < -0.4 is 0 Å². The highest BCUT2D eigenvalue weighted by atomic mass is 32.2. The Kier molecular flexibility index (Phi) is 6.29. The van der Waals surface area contributed by atoms with Crippen molar-refractivity contribution in [1.82, 2.24) is 14.1 Å². The Hall–Kier alpha value is -2.42. The predicted molar refractivity (Wildman–Crippen MR) is 119 cm³/mol. The summed E-state index contributed by atoms with van der Waals surface area (Å²) in [6.45, 7) is 5.87. The second-order valence-corrected chi connectivity index (χ2v) is 11.0. The summed E-state index contributed by atoms with van der Waals surface area (Å²) in [5, 5.41) is 0. The van der Waals surface area contributed by atoms with Crippen molar-refractivity contribution in [2.45, 2.75) is 63.3 Å². The third-order valence-corrected chi connectivity index (χ3v) is 8.71. The fourth-order valence-corrected chi connectivity index (χ4v) is 6.75. The lowest BCUT2D eigenvalue weighted by molar-refractivity contribution is -0.136. The highest BCUT2D eigenvalue weighted by Gasteiger charge is 2.43. The van der Waals surface area contributed by atoms with Crippen molar-refractivity contribution < 1.29 is 22.8 Å². The van der Waals surface area contributed by atoms with Crippen LogP contribution in [-0.4, -0.2) is 72.5 Å². The minimum absolute atomic E-state index is 0.0604. The highest BCUT2D eigenvalue weighted by Crippen LogP contribution is 2.33. The molecule has 0 radical (unpaired) electrons. The number of carbonyl (C=O) groups excluding carboxylic acids is 3. The number of hydrogen-bond acceptors (Lipinski definition) is 5. The molecule has 8 nitrogen and oxygen atoms in total. The van der Waals surface area contributed by atoms with Crippen LogP contribution in [0.25, 0.3) is 0 Å². The molecule has 3 amide bonds. The van der Waals surface area contributed by atoms with Crippen molar-refractivity contribution in [2.75, 3.05) is 26.2 Å². The van der Waals surface area contributed by atoms with Gasteiger partial charge in [-0.25, -0.2) is 12.7 Å². The Balaban J connectivity index is 1.44. The summed E-state index contributed by atoms with van der Waals surface area (Å²) in [5.41, 5.74) is 0.361. The molecule has 0 spiro atoms. The van der Waals surface area contributed by atoms with Crippen molar-refractivity contribution >= 4 is 27.7 Å². The van der Waals surface area contributed by atoms with Crippen LogP contribution in [0.1, 0.15) is 73.1 Å². The zero-order valence-electron chi connectivity index (χ0n) is 18.7. The van der Waals surface area contributed by atoms with Gasteiger partial charge in [-0.05, 0) is 57.7 Å². The third kappa shape index (κ3) is 4.02. The number of amides is 3.